The van der Waals surface area contributed by atoms with Gasteiger partial charge in [-0.25, -0.2) is 0 Å². The Morgan fingerprint density at radius 2 is 1.93 bits per heavy atom. The van der Waals surface area contributed by atoms with Crippen molar-refractivity contribution >= 4 is 5.97 Å². The lowest BCUT2D eigenvalue weighted by Gasteiger charge is -2.37. The van der Waals surface area contributed by atoms with Crippen molar-refractivity contribution in [2.45, 2.75) is 12.5 Å². The highest BCUT2D eigenvalue weighted by Crippen LogP contribution is 2.09. The van der Waals surface area contributed by atoms with Crippen LogP contribution < -0.4 is 5.32 Å². The van der Waals surface area contributed by atoms with Crippen LogP contribution in [0.15, 0.2) is 0 Å². The van der Waals surface area contributed by atoms with E-state index in [1.54, 1.807) is 14.0 Å². The highest BCUT2D eigenvalue weighted by molar-refractivity contribution is 5.78. The predicted octanol–water partition coefficient (Wildman–Crippen LogP) is -0.703. The van der Waals surface area contributed by atoms with Crippen LogP contribution in [-0.2, 0) is 4.79 Å². The van der Waals surface area contributed by atoms with Gasteiger partial charge in [0.05, 0.1) is 0 Å². The lowest BCUT2D eigenvalue weighted by Crippen LogP contribution is -2.58. The molecule has 88 valence electrons. The Balaban J connectivity index is 2.49. The zero-order chi connectivity index (χ0) is 11.5. The normalized spacial score (nSPS) is 23.7. The van der Waals surface area contributed by atoms with Gasteiger partial charge >= 0.3 is 5.97 Å². The molecule has 0 aromatic heterocycles. The summed E-state index contributed by atoms with van der Waals surface area (Å²) in [7, 11) is 3.79. The van der Waals surface area contributed by atoms with E-state index in [2.05, 4.69) is 22.2 Å². The van der Waals surface area contributed by atoms with Crippen LogP contribution in [0.4, 0.5) is 0 Å². The van der Waals surface area contributed by atoms with Gasteiger partial charge in [-0.2, -0.15) is 0 Å². The topological polar surface area (TPSA) is 55.8 Å². The second kappa shape index (κ2) is 4.92. The Labute approximate surface area is 91.0 Å². The van der Waals surface area contributed by atoms with Gasteiger partial charge in [0, 0.05) is 32.7 Å². The molecule has 0 spiro atoms. The van der Waals surface area contributed by atoms with Crippen molar-refractivity contribution in [3.63, 3.8) is 0 Å². The first-order chi connectivity index (χ1) is 6.98. The molecule has 0 bridgehead atoms. The van der Waals surface area contributed by atoms with Crippen LogP contribution in [-0.4, -0.2) is 73.2 Å². The molecule has 0 aromatic rings. The van der Waals surface area contributed by atoms with Crippen molar-refractivity contribution in [1.29, 1.82) is 0 Å². The second-order valence-corrected chi connectivity index (χ2v) is 4.47. The van der Waals surface area contributed by atoms with Crippen molar-refractivity contribution < 1.29 is 9.90 Å². The van der Waals surface area contributed by atoms with Gasteiger partial charge in [-0.3, -0.25) is 9.69 Å². The number of rotatable bonds is 4. The van der Waals surface area contributed by atoms with E-state index in [1.165, 1.54) is 0 Å². The van der Waals surface area contributed by atoms with Crippen LogP contribution in [0.2, 0.25) is 0 Å². The largest absolute Gasteiger partial charge is 0.480 e. The van der Waals surface area contributed by atoms with E-state index in [4.69, 9.17) is 5.11 Å². The number of piperazine rings is 1. The number of nitrogens with zero attached hydrogens (tertiary/aromatic N) is 2. The first-order valence-electron chi connectivity index (χ1n) is 5.31. The van der Waals surface area contributed by atoms with E-state index < -0.39 is 11.5 Å². The van der Waals surface area contributed by atoms with Crippen LogP contribution in [0.1, 0.15) is 6.92 Å². The van der Waals surface area contributed by atoms with E-state index in [1.807, 2.05) is 0 Å². The number of carboxylic acid groups (broad SMARTS) is 1. The molecular weight excluding hydrogens is 194 g/mol. The third-order valence-electron chi connectivity index (χ3n) is 3.16. The van der Waals surface area contributed by atoms with Gasteiger partial charge in [0.25, 0.3) is 0 Å². The van der Waals surface area contributed by atoms with Gasteiger partial charge in [0.2, 0.25) is 0 Å². The van der Waals surface area contributed by atoms with Crippen molar-refractivity contribution in [1.82, 2.24) is 15.1 Å². The Morgan fingerprint density at radius 3 is 2.33 bits per heavy atom. The smallest absolute Gasteiger partial charge is 0.324 e. The van der Waals surface area contributed by atoms with Gasteiger partial charge in [0.15, 0.2) is 0 Å². The number of hydrogen-bond acceptors (Lipinski definition) is 4. The highest BCUT2D eigenvalue weighted by Gasteiger charge is 2.33. The SMILES string of the molecule is CNC(C)(CN1CCN(C)CC1)C(=O)O. The maximum absolute atomic E-state index is 11.1. The summed E-state index contributed by atoms with van der Waals surface area (Å²) in [6.45, 7) is 6.21. The minimum Gasteiger partial charge on any atom is -0.480 e. The minimum absolute atomic E-state index is 0.562. The average Bonchev–Trinajstić information content (AvgIpc) is 2.21. The number of hydrogen-bond donors (Lipinski definition) is 2. The van der Waals surface area contributed by atoms with Crippen LogP contribution in [0.5, 0.6) is 0 Å². The number of carboxylic acids is 1. The summed E-state index contributed by atoms with van der Waals surface area (Å²) >= 11 is 0. The first kappa shape index (κ1) is 12.4. The molecule has 0 amide bonds. The van der Waals surface area contributed by atoms with Crippen LogP contribution in [0.3, 0.4) is 0 Å². The summed E-state index contributed by atoms with van der Waals surface area (Å²) in [5.74, 6) is -0.788. The molecular formula is C10H21N3O2. The van der Waals surface area contributed by atoms with Crippen molar-refractivity contribution in [2.24, 2.45) is 0 Å². The quantitative estimate of drug-likeness (QED) is 0.649. The van der Waals surface area contributed by atoms with E-state index in [0.29, 0.717) is 6.54 Å². The maximum Gasteiger partial charge on any atom is 0.324 e. The lowest BCUT2D eigenvalue weighted by atomic mass is 10.0. The summed E-state index contributed by atoms with van der Waals surface area (Å²) in [5.41, 5.74) is -0.837. The van der Waals surface area contributed by atoms with E-state index >= 15 is 0 Å². The van der Waals surface area contributed by atoms with Gasteiger partial charge in [-0.15, -0.1) is 0 Å². The number of nitrogens with one attached hydrogen (secondary N) is 1. The Bertz CT molecular complexity index is 227. The van der Waals surface area contributed by atoms with Gasteiger partial charge in [-0.1, -0.05) is 0 Å². The molecule has 1 heterocycles. The molecule has 5 nitrogen and oxygen atoms in total. The molecule has 2 N–H and O–H groups in total. The molecule has 1 aliphatic heterocycles. The summed E-state index contributed by atoms with van der Waals surface area (Å²) in [6, 6.07) is 0. The van der Waals surface area contributed by atoms with Gasteiger partial charge in [0.1, 0.15) is 5.54 Å². The first-order valence-corrected chi connectivity index (χ1v) is 5.31. The predicted molar refractivity (Wildman–Crippen MR) is 59.0 cm³/mol. The van der Waals surface area contributed by atoms with Gasteiger partial charge in [-0.05, 0) is 21.0 Å². The third-order valence-corrected chi connectivity index (χ3v) is 3.16. The zero-order valence-corrected chi connectivity index (χ0v) is 9.79. The van der Waals surface area contributed by atoms with Crippen molar-refractivity contribution in [2.75, 3.05) is 46.8 Å². The molecule has 1 unspecified atom stereocenters. The van der Waals surface area contributed by atoms with E-state index in [0.717, 1.165) is 26.2 Å². The fourth-order valence-electron chi connectivity index (χ4n) is 1.71. The summed E-state index contributed by atoms with van der Waals surface area (Å²) in [4.78, 5) is 15.5. The molecule has 0 aliphatic carbocycles. The van der Waals surface area contributed by atoms with Crippen molar-refractivity contribution in [3.8, 4) is 0 Å². The Hall–Kier alpha value is -0.650. The highest BCUT2D eigenvalue weighted by atomic mass is 16.4. The standard InChI is InChI=1S/C10H21N3O2/c1-10(11-2,9(14)15)8-13-6-4-12(3)5-7-13/h11H,4-8H2,1-3H3,(H,14,15). The zero-order valence-electron chi connectivity index (χ0n) is 9.79. The average molecular weight is 215 g/mol. The minimum atomic E-state index is -0.837. The lowest BCUT2D eigenvalue weighted by molar-refractivity contribution is -0.145. The molecule has 1 rings (SSSR count). The van der Waals surface area contributed by atoms with E-state index in [9.17, 15) is 4.79 Å². The molecule has 1 aliphatic rings. The van der Waals surface area contributed by atoms with Crippen molar-refractivity contribution in [3.05, 3.63) is 0 Å². The Morgan fingerprint density at radius 1 is 1.40 bits per heavy atom. The third kappa shape index (κ3) is 3.15. The summed E-state index contributed by atoms with van der Waals surface area (Å²) in [5, 5.41) is 12.0. The molecule has 0 radical (unpaired) electrons. The van der Waals surface area contributed by atoms with E-state index in [-0.39, 0.29) is 0 Å². The molecule has 0 saturated carbocycles. The fourth-order valence-corrected chi connectivity index (χ4v) is 1.71. The van der Waals surface area contributed by atoms with Gasteiger partial charge < -0.3 is 15.3 Å². The molecule has 0 aromatic carbocycles. The molecule has 1 saturated heterocycles. The summed E-state index contributed by atoms with van der Waals surface area (Å²) in [6.07, 6.45) is 0. The molecule has 1 fully saturated rings. The van der Waals surface area contributed by atoms with Crippen LogP contribution in [0.25, 0.3) is 0 Å². The van der Waals surface area contributed by atoms with Crippen LogP contribution in [0, 0.1) is 0 Å². The fraction of sp³-hybridized carbons (Fsp3) is 0.900. The Kier molecular flexibility index (Phi) is 4.07. The number of carbonyl (C=O) groups is 1. The number of likely N-dealkylation sites (N-methyl/N-ethyl adjacent to an activating group) is 2. The molecule has 5 heteroatoms. The second-order valence-electron chi connectivity index (χ2n) is 4.47. The summed E-state index contributed by atoms with van der Waals surface area (Å²) < 4.78 is 0. The number of aliphatic carboxylic acids is 1. The monoisotopic (exact) mass is 215 g/mol. The van der Waals surface area contributed by atoms with Crippen LogP contribution >= 0.6 is 0 Å². The molecule has 1 atom stereocenters. The maximum atomic E-state index is 11.1. The molecule has 15 heavy (non-hydrogen) atoms.